The molecule has 0 heterocycles. The topological polar surface area (TPSA) is 20.2 Å². The smallest absolute Gasteiger partial charge is 0.0687 e. The molecule has 3 aromatic carbocycles. The molecular formula is C19H14O. The van der Waals surface area contributed by atoms with Crippen molar-refractivity contribution in [2.24, 2.45) is 0 Å². The zero-order chi connectivity index (χ0) is 13.5. The van der Waals surface area contributed by atoms with Crippen molar-refractivity contribution >= 4 is 22.4 Å². The van der Waals surface area contributed by atoms with Crippen molar-refractivity contribution in [3.8, 4) is 0 Å². The van der Waals surface area contributed by atoms with Crippen LogP contribution in [-0.2, 0) is 6.61 Å². The van der Waals surface area contributed by atoms with E-state index in [0.717, 1.165) is 10.9 Å². The molecule has 1 heteroatoms. The van der Waals surface area contributed by atoms with Gasteiger partial charge in [0.1, 0.15) is 0 Å². The van der Waals surface area contributed by atoms with Gasteiger partial charge in [0.05, 0.1) is 6.61 Å². The Kier molecular flexibility index (Phi) is 2.48. The standard InChI is InChI=1S/C19H14O/c20-12-15-10-9-14-11-18(13-5-2-1-3-6-13)17-8-4-7-16(15)19(14)17/h1-11,20H,12H2. The van der Waals surface area contributed by atoms with E-state index in [9.17, 15) is 5.11 Å². The van der Waals surface area contributed by atoms with Gasteiger partial charge in [0.2, 0.25) is 0 Å². The number of hydrogen-bond donors (Lipinski definition) is 1. The first kappa shape index (κ1) is 11.4. The highest BCUT2D eigenvalue weighted by Gasteiger charge is 2.18. The summed E-state index contributed by atoms with van der Waals surface area (Å²) in [5, 5.41) is 11.9. The molecule has 0 amide bonds. The molecule has 20 heavy (non-hydrogen) atoms. The number of benzene rings is 3. The highest BCUT2D eigenvalue weighted by atomic mass is 16.3. The summed E-state index contributed by atoms with van der Waals surface area (Å²) in [6.45, 7) is 0.0842. The van der Waals surface area contributed by atoms with Crippen molar-refractivity contribution in [2.45, 2.75) is 6.61 Å². The summed E-state index contributed by atoms with van der Waals surface area (Å²) in [5.41, 5.74) is 6.00. The predicted molar refractivity (Wildman–Crippen MR) is 83.3 cm³/mol. The molecule has 0 aromatic heterocycles. The van der Waals surface area contributed by atoms with Crippen molar-refractivity contribution in [3.63, 3.8) is 0 Å². The third-order valence-electron chi connectivity index (χ3n) is 4.01. The minimum absolute atomic E-state index is 0.0842. The minimum Gasteiger partial charge on any atom is -0.392 e. The normalized spacial score (nSPS) is 12.8. The van der Waals surface area contributed by atoms with Gasteiger partial charge in [-0.2, -0.15) is 0 Å². The van der Waals surface area contributed by atoms with Gasteiger partial charge in [-0.25, -0.2) is 0 Å². The lowest BCUT2D eigenvalue weighted by atomic mass is 9.96. The van der Waals surface area contributed by atoms with Crippen LogP contribution >= 0.6 is 0 Å². The highest BCUT2D eigenvalue weighted by Crippen LogP contribution is 2.40. The van der Waals surface area contributed by atoms with Gasteiger partial charge in [-0.3, -0.25) is 0 Å². The summed E-state index contributed by atoms with van der Waals surface area (Å²) in [7, 11) is 0. The van der Waals surface area contributed by atoms with Gasteiger partial charge < -0.3 is 5.11 Å². The Balaban J connectivity index is 2.02. The fraction of sp³-hybridized carbons (Fsp3) is 0.0526. The maximum atomic E-state index is 9.50. The van der Waals surface area contributed by atoms with E-state index in [1.807, 2.05) is 12.1 Å². The van der Waals surface area contributed by atoms with Crippen LogP contribution in [0.1, 0.15) is 22.3 Å². The third kappa shape index (κ3) is 1.54. The van der Waals surface area contributed by atoms with Crippen molar-refractivity contribution in [1.29, 1.82) is 0 Å². The Hall–Kier alpha value is -2.38. The lowest BCUT2D eigenvalue weighted by molar-refractivity contribution is 0.283. The zero-order valence-electron chi connectivity index (χ0n) is 11.0. The number of aliphatic hydroxyl groups is 1. The van der Waals surface area contributed by atoms with E-state index in [2.05, 4.69) is 54.6 Å². The van der Waals surface area contributed by atoms with Crippen molar-refractivity contribution in [3.05, 3.63) is 82.9 Å². The van der Waals surface area contributed by atoms with E-state index >= 15 is 0 Å². The monoisotopic (exact) mass is 258 g/mol. The fourth-order valence-corrected chi connectivity index (χ4v) is 3.07. The molecule has 0 fully saturated rings. The second-order valence-corrected chi connectivity index (χ2v) is 5.12. The first-order valence-electron chi connectivity index (χ1n) is 6.81. The Morgan fingerprint density at radius 2 is 1.65 bits per heavy atom. The molecule has 96 valence electrons. The molecule has 3 aromatic rings. The number of hydrogen-bond acceptors (Lipinski definition) is 1. The molecule has 0 unspecified atom stereocenters. The van der Waals surface area contributed by atoms with Gasteiger partial charge in [0.15, 0.2) is 0 Å². The summed E-state index contributed by atoms with van der Waals surface area (Å²) in [4.78, 5) is 0. The van der Waals surface area contributed by atoms with Crippen LogP contribution in [0, 0.1) is 0 Å². The molecule has 1 aliphatic carbocycles. The van der Waals surface area contributed by atoms with Crippen LogP contribution in [0.3, 0.4) is 0 Å². The van der Waals surface area contributed by atoms with E-state index in [1.54, 1.807) is 0 Å². The predicted octanol–water partition coefficient (Wildman–Crippen LogP) is 4.23. The van der Waals surface area contributed by atoms with Crippen LogP contribution in [0.15, 0.2) is 60.7 Å². The molecule has 1 N–H and O–H groups in total. The second kappa shape index (κ2) is 4.32. The average Bonchev–Trinajstić information content (AvgIpc) is 2.90. The molecular weight excluding hydrogens is 244 g/mol. The van der Waals surface area contributed by atoms with E-state index in [1.165, 1.54) is 27.6 Å². The number of rotatable bonds is 2. The second-order valence-electron chi connectivity index (χ2n) is 5.12. The van der Waals surface area contributed by atoms with E-state index in [0.29, 0.717) is 0 Å². The molecule has 0 saturated carbocycles. The quantitative estimate of drug-likeness (QED) is 0.570. The lowest BCUT2D eigenvalue weighted by Crippen LogP contribution is -1.89. The van der Waals surface area contributed by atoms with Gasteiger partial charge >= 0.3 is 0 Å². The Morgan fingerprint density at radius 1 is 0.800 bits per heavy atom. The average molecular weight is 258 g/mol. The first-order chi connectivity index (χ1) is 9.88. The van der Waals surface area contributed by atoms with Crippen LogP contribution in [0.5, 0.6) is 0 Å². The van der Waals surface area contributed by atoms with Gasteiger partial charge in [-0.1, -0.05) is 60.7 Å². The Morgan fingerprint density at radius 3 is 2.45 bits per heavy atom. The van der Waals surface area contributed by atoms with E-state index < -0.39 is 0 Å². The van der Waals surface area contributed by atoms with Crippen LogP contribution in [-0.4, -0.2) is 5.11 Å². The third-order valence-corrected chi connectivity index (χ3v) is 4.01. The van der Waals surface area contributed by atoms with Gasteiger partial charge in [0, 0.05) is 0 Å². The van der Waals surface area contributed by atoms with Gasteiger partial charge in [-0.15, -0.1) is 0 Å². The van der Waals surface area contributed by atoms with Crippen LogP contribution in [0.25, 0.3) is 22.4 Å². The van der Waals surface area contributed by atoms with Gasteiger partial charge in [0.25, 0.3) is 0 Å². The summed E-state index contributed by atoms with van der Waals surface area (Å²) in [5.74, 6) is 0. The summed E-state index contributed by atoms with van der Waals surface area (Å²) in [6.07, 6.45) is 2.24. The summed E-state index contributed by atoms with van der Waals surface area (Å²) in [6, 6.07) is 20.9. The number of aliphatic hydroxyl groups excluding tert-OH is 1. The SMILES string of the molecule is OCc1ccc2c3c(cccc13)C(c1ccccc1)=C2. The van der Waals surface area contributed by atoms with E-state index in [-0.39, 0.29) is 6.61 Å². The summed E-state index contributed by atoms with van der Waals surface area (Å²) < 4.78 is 0. The maximum absolute atomic E-state index is 9.50. The fourth-order valence-electron chi connectivity index (χ4n) is 3.07. The Labute approximate surface area is 117 Å². The molecule has 1 nitrogen and oxygen atoms in total. The molecule has 0 bridgehead atoms. The molecule has 1 aliphatic rings. The molecule has 0 saturated heterocycles. The largest absolute Gasteiger partial charge is 0.392 e. The van der Waals surface area contributed by atoms with Crippen molar-refractivity contribution in [2.75, 3.05) is 0 Å². The van der Waals surface area contributed by atoms with Crippen molar-refractivity contribution < 1.29 is 5.11 Å². The molecule has 0 spiro atoms. The van der Waals surface area contributed by atoms with E-state index in [4.69, 9.17) is 0 Å². The maximum Gasteiger partial charge on any atom is 0.0687 e. The van der Waals surface area contributed by atoms with Crippen LogP contribution in [0.2, 0.25) is 0 Å². The zero-order valence-corrected chi connectivity index (χ0v) is 11.0. The molecule has 4 rings (SSSR count). The highest BCUT2D eigenvalue weighted by molar-refractivity contribution is 6.13. The van der Waals surface area contributed by atoms with Crippen LogP contribution in [0.4, 0.5) is 0 Å². The van der Waals surface area contributed by atoms with Crippen LogP contribution < -0.4 is 0 Å². The summed E-state index contributed by atoms with van der Waals surface area (Å²) >= 11 is 0. The molecule has 0 aliphatic heterocycles. The minimum atomic E-state index is 0.0842. The Bertz CT molecular complexity index is 829. The van der Waals surface area contributed by atoms with Gasteiger partial charge in [-0.05, 0) is 44.7 Å². The first-order valence-corrected chi connectivity index (χ1v) is 6.81. The molecule has 0 radical (unpaired) electrons. The molecule has 0 atom stereocenters. The van der Waals surface area contributed by atoms with Crippen molar-refractivity contribution in [1.82, 2.24) is 0 Å². The lowest BCUT2D eigenvalue weighted by Gasteiger charge is -2.08.